The first-order valence-electron chi connectivity index (χ1n) is 4.27. The topological polar surface area (TPSA) is 50.2 Å². The Labute approximate surface area is 81.0 Å². The fourth-order valence-electron chi connectivity index (χ4n) is 1.53. The minimum atomic E-state index is -0.914. The number of hydrogen-bond acceptors (Lipinski definition) is 2. The number of carboxylic acids is 1. The summed E-state index contributed by atoms with van der Waals surface area (Å²) >= 11 is 0. The van der Waals surface area contributed by atoms with E-state index in [1.807, 2.05) is 13.0 Å². The summed E-state index contributed by atoms with van der Waals surface area (Å²) in [4.78, 5) is 14.9. The van der Waals surface area contributed by atoms with Crippen LogP contribution in [-0.2, 0) is 0 Å². The highest BCUT2D eigenvalue weighted by Gasteiger charge is 2.08. The van der Waals surface area contributed by atoms with Crippen molar-refractivity contribution in [1.82, 2.24) is 4.98 Å². The number of fused-ring (bicyclic) bond motifs is 1. The number of nitrogens with zero attached hydrogens (tertiary/aromatic N) is 1. The van der Waals surface area contributed by atoms with Gasteiger partial charge in [0.2, 0.25) is 0 Å². The maximum absolute atomic E-state index is 10.9. The second-order valence-electron chi connectivity index (χ2n) is 3.16. The van der Waals surface area contributed by atoms with Crippen molar-refractivity contribution in [2.75, 3.05) is 0 Å². The summed E-state index contributed by atoms with van der Waals surface area (Å²) in [5, 5.41) is 10.6. The summed E-state index contributed by atoms with van der Waals surface area (Å²) in [6, 6.07) is 5.24. The number of aromatic carboxylic acids is 1. The molecule has 1 N–H and O–H groups in total. The third-order valence-electron chi connectivity index (χ3n) is 2.23. The van der Waals surface area contributed by atoms with E-state index < -0.39 is 5.97 Å². The quantitative estimate of drug-likeness (QED) is 0.744. The molecule has 0 atom stereocenters. The van der Waals surface area contributed by atoms with Gasteiger partial charge in [0.1, 0.15) is 0 Å². The molecule has 0 aliphatic carbocycles. The zero-order chi connectivity index (χ0) is 10.1. The maximum Gasteiger partial charge on any atom is 0.336 e. The van der Waals surface area contributed by atoms with Gasteiger partial charge in [-0.2, -0.15) is 0 Å². The standard InChI is InChI=1S/C11H9NO2/c1-7-5-12-6-10-8(7)3-2-4-9(10)11(13)14/h2-6H,1H3,(H,13,14). The van der Waals surface area contributed by atoms with Gasteiger partial charge in [0, 0.05) is 17.8 Å². The van der Waals surface area contributed by atoms with E-state index in [0.29, 0.717) is 10.9 Å². The van der Waals surface area contributed by atoms with Gasteiger partial charge in [0.25, 0.3) is 0 Å². The Morgan fingerprint density at radius 3 is 2.79 bits per heavy atom. The molecule has 3 heteroatoms. The number of aryl methyl sites for hydroxylation is 1. The van der Waals surface area contributed by atoms with Crippen molar-refractivity contribution in [1.29, 1.82) is 0 Å². The van der Waals surface area contributed by atoms with E-state index in [0.717, 1.165) is 10.9 Å². The Balaban J connectivity index is 2.88. The molecule has 3 nitrogen and oxygen atoms in total. The maximum atomic E-state index is 10.9. The number of hydrogen-bond donors (Lipinski definition) is 1. The summed E-state index contributed by atoms with van der Waals surface area (Å²) in [6.07, 6.45) is 3.32. The molecule has 14 heavy (non-hydrogen) atoms. The van der Waals surface area contributed by atoms with Gasteiger partial charge in [-0.1, -0.05) is 12.1 Å². The smallest absolute Gasteiger partial charge is 0.336 e. The van der Waals surface area contributed by atoms with E-state index in [1.54, 1.807) is 24.5 Å². The first-order chi connectivity index (χ1) is 6.70. The van der Waals surface area contributed by atoms with Crippen molar-refractivity contribution in [3.8, 4) is 0 Å². The molecule has 0 radical (unpaired) electrons. The molecule has 0 spiro atoms. The average Bonchev–Trinajstić information content (AvgIpc) is 2.17. The predicted octanol–water partition coefficient (Wildman–Crippen LogP) is 2.24. The molecule has 70 valence electrons. The second-order valence-corrected chi connectivity index (χ2v) is 3.16. The van der Waals surface area contributed by atoms with Crippen LogP contribution < -0.4 is 0 Å². The molecule has 0 bridgehead atoms. The number of pyridine rings is 1. The monoisotopic (exact) mass is 187 g/mol. The zero-order valence-electron chi connectivity index (χ0n) is 7.69. The van der Waals surface area contributed by atoms with Gasteiger partial charge in [-0.25, -0.2) is 4.79 Å². The third kappa shape index (κ3) is 1.23. The molecule has 1 heterocycles. The fourth-order valence-corrected chi connectivity index (χ4v) is 1.53. The minimum absolute atomic E-state index is 0.304. The van der Waals surface area contributed by atoms with E-state index in [9.17, 15) is 4.79 Å². The molecule has 1 aromatic heterocycles. The molecule has 0 saturated heterocycles. The molecule has 0 amide bonds. The van der Waals surface area contributed by atoms with Crippen LogP contribution in [0.1, 0.15) is 15.9 Å². The van der Waals surface area contributed by atoms with Crippen LogP contribution in [0.3, 0.4) is 0 Å². The summed E-state index contributed by atoms with van der Waals surface area (Å²) in [5.74, 6) is -0.914. The zero-order valence-corrected chi connectivity index (χ0v) is 7.69. The molecule has 0 fully saturated rings. The van der Waals surface area contributed by atoms with Gasteiger partial charge in [0.15, 0.2) is 0 Å². The van der Waals surface area contributed by atoms with Crippen LogP contribution in [0.4, 0.5) is 0 Å². The highest BCUT2D eigenvalue weighted by atomic mass is 16.4. The number of benzene rings is 1. The summed E-state index contributed by atoms with van der Waals surface area (Å²) in [5.41, 5.74) is 1.30. The van der Waals surface area contributed by atoms with Crippen LogP contribution in [0.2, 0.25) is 0 Å². The number of aromatic nitrogens is 1. The van der Waals surface area contributed by atoms with Gasteiger partial charge in [-0.3, -0.25) is 4.98 Å². The summed E-state index contributed by atoms with van der Waals surface area (Å²) in [6.45, 7) is 1.92. The van der Waals surface area contributed by atoms with Crippen molar-refractivity contribution in [3.05, 3.63) is 41.7 Å². The van der Waals surface area contributed by atoms with Gasteiger partial charge >= 0.3 is 5.97 Å². The molecular formula is C11H9NO2. The lowest BCUT2D eigenvalue weighted by Crippen LogP contribution is -1.97. The van der Waals surface area contributed by atoms with E-state index in [1.165, 1.54) is 0 Å². The molecule has 0 saturated carbocycles. The number of rotatable bonds is 1. The van der Waals surface area contributed by atoms with E-state index in [4.69, 9.17) is 5.11 Å². The van der Waals surface area contributed by atoms with E-state index in [-0.39, 0.29) is 0 Å². The van der Waals surface area contributed by atoms with Crippen molar-refractivity contribution in [3.63, 3.8) is 0 Å². The molecule has 0 aliphatic heterocycles. The first kappa shape index (κ1) is 8.69. The van der Waals surface area contributed by atoms with E-state index >= 15 is 0 Å². The van der Waals surface area contributed by atoms with Crippen LogP contribution in [0.25, 0.3) is 10.8 Å². The predicted molar refractivity (Wildman–Crippen MR) is 53.4 cm³/mol. The lowest BCUT2D eigenvalue weighted by Gasteiger charge is -2.03. The number of carboxylic acid groups (broad SMARTS) is 1. The van der Waals surface area contributed by atoms with Crippen LogP contribution in [0.15, 0.2) is 30.6 Å². The van der Waals surface area contributed by atoms with E-state index in [2.05, 4.69) is 4.98 Å². The van der Waals surface area contributed by atoms with Crippen LogP contribution in [-0.4, -0.2) is 16.1 Å². The lowest BCUT2D eigenvalue weighted by molar-refractivity contribution is 0.0699. The molecule has 2 rings (SSSR count). The Morgan fingerprint density at radius 1 is 1.29 bits per heavy atom. The third-order valence-corrected chi connectivity index (χ3v) is 2.23. The SMILES string of the molecule is Cc1cncc2c(C(=O)O)cccc12. The number of carbonyl (C=O) groups is 1. The van der Waals surface area contributed by atoms with Crippen molar-refractivity contribution < 1.29 is 9.90 Å². The molecule has 2 aromatic rings. The van der Waals surface area contributed by atoms with Crippen molar-refractivity contribution >= 4 is 16.7 Å². The van der Waals surface area contributed by atoms with Crippen molar-refractivity contribution in [2.24, 2.45) is 0 Å². The normalized spacial score (nSPS) is 10.4. The Hall–Kier alpha value is -1.90. The Kier molecular flexibility index (Phi) is 1.93. The summed E-state index contributed by atoms with van der Waals surface area (Å²) < 4.78 is 0. The van der Waals surface area contributed by atoms with Gasteiger partial charge < -0.3 is 5.11 Å². The second kappa shape index (κ2) is 3.10. The minimum Gasteiger partial charge on any atom is -0.478 e. The molecule has 0 aliphatic rings. The van der Waals surface area contributed by atoms with Crippen molar-refractivity contribution in [2.45, 2.75) is 6.92 Å². The molecule has 0 unspecified atom stereocenters. The highest BCUT2D eigenvalue weighted by Crippen LogP contribution is 2.20. The largest absolute Gasteiger partial charge is 0.478 e. The fraction of sp³-hybridized carbons (Fsp3) is 0.0909. The van der Waals surface area contributed by atoms with Crippen LogP contribution in [0.5, 0.6) is 0 Å². The Morgan fingerprint density at radius 2 is 2.07 bits per heavy atom. The van der Waals surface area contributed by atoms with Crippen LogP contribution >= 0.6 is 0 Å². The highest BCUT2D eigenvalue weighted by molar-refractivity contribution is 6.04. The van der Waals surface area contributed by atoms with Gasteiger partial charge in [-0.15, -0.1) is 0 Å². The summed E-state index contributed by atoms with van der Waals surface area (Å²) in [7, 11) is 0. The average molecular weight is 187 g/mol. The van der Waals surface area contributed by atoms with Crippen LogP contribution in [0, 0.1) is 6.92 Å². The van der Waals surface area contributed by atoms with Gasteiger partial charge in [0.05, 0.1) is 5.56 Å². The lowest BCUT2D eigenvalue weighted by atomic mass is 10.0. The first-order valence-corrected chi connectivity index (χ1v) is 4.27. The molecular weight excluding hydrogens is 178 g/mol. The van der Waals surface area contributed by atoms with Gasteiger partial charge in [-0.05, 0) is 23.9 Å². The molecule has 1 aromatic carbocycles. The Bertz CT molecular complexity index is 506.